The summed E-state index contributed by atoms with van der Waals surface area (Å²) in [6.45, 7) is 0.980. The minimum Gasteiger partial charge on any atom is -0.319 e. The van der Waals surface area contributed by atoms with Crippen LogP contribution in [0.2, 0.25) is 0 Å². The normalized spacial score (nSPS) is 10.6. The number of hydrogen-bond donors (Lipinski definition) is 1. The Balaban J connectivity index is 2.32. The number of nitrogens with zero attached hydrogens (tertiary/aromatic N) is 2. The first-order valence-corrected chi connectivity index (χ1v) is 4.73. The molecule has 0 amide bonds. The Bertz CT molecular complexity index is 426. The Morgan fingerprint density at radius 3 is 3.14 bits per heavy atom. The van der Waals surface area contributed by atoms with E-state index in [-0.39, 0.29) is 0 Å². The van der Waals surface area contributed by atoms with E-state index in [0.717, 1.165) is 23.9 Å². The van der Waals surface area contributed by atoms with Crippen molar-refractivity contribution in [3.05, 3.63) is 36.3 Å². The summed E-state index contributed by atoms with van der Waals surface area (Å²) in [5, 5.41) is 4.23. The Morgan fingerprint density at radius 2 is 2.29 bits per heavy atom. The highest BCUT2D eigenvalue weighted by Gasteiger charge is 1.96. The average molecular weight is 187 g/mol. The Labute approximate surface area is 83.2 Å². The van der Waals surface area contributed by atoms with Crippen LogP contribution in [0.3, 0.4) is 0 Å². The Morgan fingerprint density at radius 1 is 1.36 bits per heavy atom. The van der Waals surface area contributed by atoms with E-state index < -0.39 is 0 Å². The van der Waals surface area contributed by atoms with Crippen molar-refractivity contribution in [1.29, 1.82) is 0 Å². The van der Waals surface area contributed by atoms with E-state index in [9.17, 15) is 0 Å². The molecule has 0 aliphatic carbocycles. The third-order valence-electron chi connectivity index (χ3n) is 2.20. The molecule has 72 valence electrons. The second-order valence-electron chi connectivity index (χ2n) is 3.27. The first-order valence-electron chi connectivity index (χ1n) is 4.73. The molecule has 0 bridgehead atoms. The van der Waals surface area contributed by atoms with Gasteiger partial charge in [0.15, 0.2) is 0 Å². The fraction of sp³-hybridized carbons (Fsp3) is 0.273. The van der Waals surface area contributed by atoms with Crippen molar-refractivity contribution in [2.75, 3.05) is 13.6 Å². The van der Waals surface area contributed by atoms with Gasteiger partial charge < -0.3 is 5.32 Å². The monoisotopic (exact) mass is 187 g/mol. The summed E-state index contributed by atoms with van der Waals surface area (Å²) < 4.78 is 0. The predicted octanol–water partition coefficient (Wildman–Crippen LogP) is 1.39. The maximum absolute atomic E-state index is 4.37. The molecule has 0 atom stereocenters. The van der Waals surface area contributed by atoms with Crippen LogP contribution in [-0.4, -0.2) is 23.6 Å². The van der Waals surface area contributed by atoms with E-state index in [2.05, 4.69) is 21.4 Å². The van der Waals surface area contributed by atoms with Crippen LogP contribution in [0.4, 0.5) is 0 Å². The highest BCUT2D eigenvalue weighted by Crippen LogP contribution is 2.11. The smallest absolute Gasteiger partial charge is 0.0732 e. The summed E-state index contributed by atoms with van der Waals surface area (Å²) >= 11 is 0. The van der Waals surface area contributed by atoms with Crippen LogP contribution in [0, 0.1) is 0 Å². The summed E-state index contributed by atoms with van der Waals surface area (Å²) in [4.78, 5) is 8.44. The zero-order chi connectivity index (χ0) is 9.80. The maximum atomic E-state index is 4.37. The first-order chi connectivity index (χ1) is 6.90. The lowest BCUT2D eigenvalue weighted by Crippen LogP contribution is -2.10. The van der Waals surface area contributed by atoms with Gasteiger partial charge in [-0.1, -0.05) is 0 Å². The third-order valence-corrected chi connectivity index (χ3v) is 2.20. The van der Waals surface area contributed by atoms with Gasteiger partial charge in [-0.05, 0) is 37.7 Å². The molecule has 0 spiro atoms. The van der Waals surface area contributed by atoms with E-state index in [4.69, 9.17) is 0 Å². The largest absolute Gasteiger partial charge is 0.319 e. The molecule has 2 heterocycles. The quantitative estimate of drug-likeness (QED) is 0.789. The van der Waals surface area contributed by atoms with Crippen LogP contribution in [0.25, 0.3) is 10.9 Å². The molecule has 1 N–H and O–H groups in total. The summed E-state index contributed by atoms with van der Waals surface area (Å²) in [5.41, 5.74) is 2.26. The van der Waals surface area contributed by atoms with Gasteiger partial charge in [0.2, 0.25) is 0 Å². The average Bonchev–Trinajstić information content (AvgIpc) is 2.26. The lowest BCUT2D eigenvalue weighted by atomic mass is 10.1. The van der Waals surface area contributed by atoms with Gasteiger partial charge in [-0.2, -0.15) is 0 Å². The van der Waals surface area contributed by atoms with Gasteiger partial charge in [0, 0.05) is 24.0 Å². The Kier molecular flexibility index (Phi) is 2.70. The topological polar surface area (TPSA) is 37.8 Å². The second-order valence-corrected chi connectivity index (χ2v) is 3.27. The standard InChI is InChI=1S/C11H13N3/c1-12-4-2-9-6-10-8-13-5-3-11(10)14-7-9/h3,5-8,12H,2,4H2,1H3. The fourth-order valence-electron chi connectivity index (χ4n) is 1.42. The summed E-state index contributed by atoms with van der Waals surface area (Å²) in [5.74, 6) is 0. The highest BCUT2D eigenvalue weighted by molar-refractivity contribution is 5.77. The van der Waals surface area contributed by atoms with Crippen molar-refractivity contribution in [3.63, 3.8) is 0 Å². The summed E-state index contributed by atoms with van der Waals surface area (Å²) in [6, 6.07) is 4.07. The Hall–Kier alpha value is -1.48. The number of nitrogens with one attached hydrogen (secondary N) is 1. The van der Waals surface area contributed by atoms with Gasteiger partial charge in [0.25, 0.3) is 0 Å². The van der Waals surface area contributed by atoms with Crippen molar-refractivity contribution in [2.45, 2.75) is 6.42 Å². The van der Waals surface area contributed by atoms with Gasteiger partial charge in [0.1, 0.15) is 0 Å². The molecule has 0 saturated carbocycles. The van der Waals surface area contributed by atoms with Crippen molar-refractivity contribution < 1.29 is 0 Å². The number of likely N-dealkylation sites (N-methyl/N-ethyl adjacent to an activating group) is 1. The molecule has 3 nitrogen and oxygen atoms in total. The van der Waals surface area contributed by atoms with Crippen LogP contribution in [0.5, 0.6) is 0 Å². The van der Waals surface area contributed by atoms with E-state index in [1.165, 1.54) is 5.56 Å². The molecule has 0 aromatic carbocycles. The van der Waals surface area contributed by atoms with Crippen molar-refractivity contribution in [1.82, 2.24) is 15.3 Å². The fourth-order valence-corrected chi connectivity index (χ4v) is 1.42. The minimum absolute atomic E-state index is 0.980. The zero-order valence-electron chi connectivity index (χ0n) is 8.20. The first kappa shape index (κ1) is 9.09. The van der Waals surface area contributed by atoms with E-state index in [0.29, 0.717) is 0 Å². The van der Waals surface area contributed by atoms with Crippen molar-refractivity contribution in [2.24, 2.45) is 0 Å². The number of aromatic nitrogens is 2. The van der Waals surface area contributed by atoms with Crippen LogP contribution in [0.1, 0.15) is 5.56 Å². The molecule has 3 heteroatoms. The van der Waals surface area contributed by atoms with Gasteiger partial charge in [0.05, 0.1) is 5.52 Å². The van der Waals surface area contributed by atoms with Crippen LogP contribution >= 0.6 is 0 Å². The molecule has 2 rings (SSSR count). The minimum atomic E-state index is 0.980. The highest BCUT2D eigenvalue weighted by atomic mass is 14.8. The van der Waals surface area contributed by atoms with Crippen molar-refractivity contribution >= 4 is 10.9 Å². The van der Waals surface area contributed by atoms with E-state index in [1.807, 2.05) is 25.5 Å². The van der Waals surface area contributed by atoms with Crippen molar-refractivity contribution in [3.8, 4) is 0 Å². The molecule has 0 aliphatic rings. The van der Waals surface area contributed by atoms with Gasteiger partial charge in [-0.3, -0.25) is 9.97 Å². The lowest BCUT2D eigenvalue weighted by Gasteiger charge is -2.01. The number of rotatable bonds is 3. The third kappa shape index (κ3) is 1.88. The molecular formula is C11H13N3. The lowest BCUT2D eigenvalue weighted by molar-refractivity contribution is 0.790. The molecule has 0 radical (unpaired) electrons. The van der Waals surface area contributed by atoms with E-state index >= 15 is 0 Å². The number of hydrogen-bond acceptors (Lipinski definition) is 3. The molecule has 14 heavy (non-hydrogen) atoms. The van der Waals surface area contributed by atoms with E-state index in [1.54, 1.807) is 6.20 Å². The summed E-state index contributed by atoms with van der Waals surface area (Å²) in [7, 11) is 1.95. The maximum Gasteiger partial charge on any atom is 0.0732 e. The SMILES string of the molecule is CNCCc1cnc2ccncc2c1. The molecule has 2 aromatic heterocycles. The van der Waals surface area contributed by atoms with Crippen LogP contribution < -0.4 is 5.32 Å². The summed E-state index contributed by atoms with van der Waals surface area (Å²) in [6.07, 6.45) is 6.56. The molecule has 0 fully saturated rings. The van der Waals surface area contributed by atoms with Crippen LogP contribution in [-0.2, 0) is 6.42 Å². The zero-order valence-corrected chi connectivity index (χ0v) is 8.20. The molecule has 0 unspecified atom stereocenters. The molecular weight excluding hydrogens is 174 g/mol. The molecule has 2 aromatic rings. The van der Waals surface area contributed by atoms with Gasteiger partial charge in [-0.15, -0.1) is 0 Å². The van der Waals surface area contributed by atoms with Crippen LogP contribution in [0.15, 0.2) is 30.7 Å². The molecule has 0 aliphatic heterocycles. The number of fused-ring (bicyclic) bond motifs is 1. The number of pyridine rings is 2. The predicted molar refractivity (Wildman–Crippen MR) is 57.2 cm³/mol. The van der Waals surface area contributed by atoms with Gasteiger partial charge in [-0.25, -0.2) is 0 Å². The van der Waals surface area contributed by atoms with Gasteiger partial charge >= 0.3 is 0 Å². The second kappa shape index (κ2) is 4.15. The molecule has 0 saturated heterocycles.